The van der Waals surface area contributed by atoms with Crippen molar-refractivity contribution in [2.45, 2.75) is 32.2 Å². The van der Waals surface area contributed by atoms with Gasteiger partial charge >= 0.3 is 0 Å². The number of hydrogen-bond acceptors (Lipinski definition) is 2. The van der Waals surface area contributed by atoms with Gasteiger partial charge in [-0.15, -0.1) is 0 Å². The topological polar surface area (TPSA) is 46.3 Å². The molecule has 1 aromatic rings. The third-order valence-electron chi connectivity index (χ3n) is 4.09. The fourth-order valence-corrected chi connectivity index (χ4v) is 3.54. The maximum absolute atomic E-state index is 12.7. The largest absolute Gasteiger partial charge is 0.336 e. The Labute approximate surface area is 139 Å². The first-order chi connectivity index (χ1) is 9.58. The van der Waals surface area contributed by atoms with Crippen LogP contribution in [-0.4, -0.2) is 29.9 Å². The molecule has 0 aromatic heterocycles. The predicted molar refractivity (Wildman–Crippen MR) is 91.1 cm³/mol. The van der Waals surface area contributed by atoms with E-state index in [2.05, 4.69) is 22.6 Å². The monoisotopic (exact) mass is 406 g/mol. The number of halogens is 2. The molecule has 1 amide bonds. The fraction of sp³-hybridized carbons (Fsp3) is 0.533. The second kappa shape index (κ2) is 7.09. The van der Waals surface area contributed by atoms with Crippen LogP contribution in [0.3, 0.4) is 0 Å². The first-order valence-electron chi connectivity index (χ1n) is 7.04. The van der Waals surface area contributed by atoms with Gasteiger partial charge in [0.1, 0.15) is 0 Å². The number of nitrogens with two attached hydrogens (primary N) is 1. The van der Waals surface area contributed by atoms with E-state index >= 15 is 0 Å². The molecule has 2 rings (SSSR count). The van der Waals surface area contributed by atoms with Gasteiger partial charge < -0.3 is 10.6 Å². The van der Waals surface area contributed by atoms with Crippen LogP contribution in [0.1, 0.15) is 36.5 Å². The van der Waals surface area contributed by atoms with Crippen molar-refractivity contribution in [3.05, 3.63) is 32.4 Å². The molecule has 5 heteroatoms. The summed E-state index contributed by atoms with van der Waals surface area (Å²) in [6.45, 7) is 3.39. The molecule has 110 valence electrons. The zero-order valence-corrected chi connectivity index (χ0v) is 14.5. The van der Waals surface area contributed by atoms with E-state index in [0.717, 1.165) is 22.8 Å². The molecular weight excluding hydrogens is 387 g/mol. The van der Waals surface area contributed by atoms with Gasteiger partial charge in [-0.25, -0.2) is 0 Å². The van der Waals surface area contributed by atoms with Gasteiger partial charge in [0.2, 0.25) is 0 Å². The van der Waals surface area contributed by atoms with Crippen LogP contribution in [0.2, 0.25) is 5.02 Å². The fourth-order valence-electron chi connectivity index (χ4n) is 3.03. The van der Waals surface area contributed by atoms with Gasteiger partial charge in [0.25, 0.3) is 5.91 Å². The molecule has 0 bridgehead atoms. The molecule has 0 aliphatic heterocycles. The molecule has 2 N–H and O–H groups in total. The van der Waals surface area contributed by atoms with Crippen molar-refractivity contribution in [2.75, 3.05) is 13.1 Å². The van der Waals surface area contributed by atoms with E-state index in [0.29, 0.717) is 29.6 Å². The number of nitrogens with zero attached hydrogens (tertiary/aromatic N) is 1. The smallest absolute Gasteiger partial charge is 0.254 e. The summed E-state index contributed by atoms with van der Waals surface area (Å²) in [4.78, 5) is 14.7. The van der Waals surface area contributed by atoms with E-state index in [1.165, 1.54) is 0 Å². The van der Waals surface area contributed by atoms with Crippen molar-refractivity contribution in [3.8, 4) is 0 Å². The Balaban J connectivity index is 2.22. The Morgan fingerprint density at radius 2 is 2.25 bits per heavy atom. The second-order valence-electron chi connectivity index (χ2n) is 5.21. The van der Waals surface area contributed by atoms with Crippen molar-refractivity contribution >= 4 is 40.1 Å². The normalized spacial score (nSPS) is 22.0. The van der Waals surface area contributed by atoms with Crippen LogP contribution < -0.4 is 5.73 Å². The van der Waals surface area contributed by atoms with Crippen LogP contribution in [0.15, 0.2) is 18.2 Å². The van der Waals surface area contributed by atoms with Crippen molar-refractivity contribution in [1.82, 2.24) is 4.90 Å². The van der Waals surface area contributed by atoms with E-state index in [9.17, 15) is 4.79 Å². The highest BCUT2D eigenvalue weighted by Crippen LogP contribution is 2.30. The lowest BCUT2D eigenvalue weighted by atomic mass is 10.0. The van der Waals surface area contributed by atoms with Crippen LogP contribution in [0.4, 0.5) is 0 Å². The van der Waals surface area contributed by atoms with Crippen LogP contribution in [0.5, 0.6) is 0 Å². The molecular formula is C15H20ClIN2O. The van der Waals surface area contributed by atoms with Gasteiger partial charge in [-0.1, -0.05) is 18.0 Å². The van der Waals surface area contributed by atoms with Gasteiger partial charge in [-0.3, -0.25) is 4.79 Å². The molecule has 1 aliphatic carbocycles. The molecule has 0 spiro atoms. The summed E-state index contributed by atoms with van der Waals surface area (Å²) in [5, 5.41) is 0.634. The quantitative estimate of drug-likeness (QED) is 0.778. The number of benzene rings is 1. The number of hydrogen-bond donors (Lipinski definition) is 1. The molecule has 3 nitrogen and oxygen atoms in total. The van der Waals surface area contributed by atoms with Crippen LogP contribution >= 0.6 is 34.2 Å². The molecule has 1 aliphatic rings. The van der Waals surface area contributed by atoms with E-state index in [-0.39, 0.29) is 11.9 Å². The Kier molecular flexibility index (Phi) is 5.69. The molecule has 2 atom stereocenters. The summed E-state index contributed by atoms with van der Waals surface area (Å²) in [6.07, 6.45) is 3.34. The zero-order chi connectivity index (χ0) is 14.7. The summed E-state index contributed by atoms with van der Waals surface area (Å²) in [7, 11) is 0. The molecule has 20 heavy (non-hydrogen) atoms. The summed E-state index contributed by atoms with van der Waals surface area (Å²) < 4.78 is 0.963. The van der Waals surface area contributed by atoms with Gasteiger partial charge in [0.15, 0.2) is 0 Å². The summed E-state index contributed by atoms with van der Waals surface area (Å²) in [5.41, 5.74) is 6.51. The van der Waals surface area contributed by atoms with Crippen molar-refractivity contribution < 1.29 is 4.79 Å². The minimum atomic E-state index is 0.0659. The third kappa shape index (κ3) is 3.28. The highest BCUT2D eigenvalue weighted by molar-refractivity contribution is 14.1. The van der Waals surface area contributed by atoms with Crippen LogP contribution in [0, 0.1) is 9.49 Å². The number of carbonyl (C=O) groups excluding carboxylic acids is 1. The summed E-state index contributed by atoms with van der Waals surface area (Å²) in [5.74, 6) is 0.495. The molecule has 0 saturated heterocycles. The number of rotatable bonds is 4. The average Bonchev–Trinajstić information content (AvgIpc) is 2.91. The summed E-state index contributed by atoms with van der Waals surface area (Å²) >= 11 is 8.29. The lowest BCUT2D eigenvalue weighted by Crippen LogP contribution is -2.44. The van der Waals surface area contributed by atoms with Crippen molar-refractivity contribution in [2.24, 2.45) is 11.7 Å². The molecule has 1 fully saturated rings. The summed E-state index contributed by atoms with van der Waals surface area (Å²) in [6, 6.07) is 5.78. The highest BCUT2D eigenvalue weighted by atomic mass is 127. The minimum absolute atomic E-state index is 0.0659. The minimum Gasteiger partial charge on any atom is -0.336 e. The lowest BCUT2D eigenvalue weighted by molar-refractivity contribution is 0.0652. The van der Waals surface area contributed by atoms with Crippen LogP contribution in [-0.2, 0) is 0 Å². The van der Waals surface area contributed by atoms with Crippen molar-refractivity contribution in [3.63, 3.8) is 0 Å². The highest BCUT2D eigenvalue weighted by Gasteiger charge is 2.33. The number of carbonyl (C=O) groups is 1. The first kappa shape index (κ1) is 16.0. The zero-order valence-electron chi connectivity index (χ0n) is 11.6. The SMILES string of the molecule is CCN(C(=O)c1ccc(I)c(Cl)c1)C1CCCC1CN. The van der Waals surface area contributed by atoms with Gasteiger partial charge in [-0.2, -0.15) is 0 Å². The molecule has 0 radical (unpaired) electrons. The van der Waals surface area contributed by atoms with E-state index < -0.39 is 0 Å². The van der Waals surface area contributed by atoms with E-state index in [1.807, 2.05) is 24.0 Å². The van der Waals surface area contributed by atoms with Gasteiger partial charge in [0, 0.05) is 21.7 Å². The maximum atomic E-state index is 12.7. The molecule has 0 heterocycles. The maximum Gasteiger partial charge on any atom is 0.254 e. The average molecular weight is 407 g/mol. The predicted octanol–water partition coefficient (Wildman–Crippen LogP) is 3.53. The first-order valence-corrected chi connectivity index (χ1v) is 8.50. The molecule has 2 unspecified atom stereocenters. The van der Waals surface area contributed by atoms with E-state index in [4.69, 9.17) is 17.3 Å². The van der Waals surface area contributed by atoms with Gasteiger partial charge in [0.05, 0.1) is 5.02 Å². The third-order valence-corrected chi connectivity index (χ3v) is 5.66. The number of amides is 1. The van der Waals surface area contributed by atoms with Crippen molar-refractivity contribution in [1.29, 1.82) is 0 Å². The standard InChI is InChI=1S/C15H20ClIN2O/c1-2-19(14-5-3-4-11(14)9-18)15(20)10-6-7-13(17)12(16)8-10/h6-8,11,14H,2-5,9,18H2,1H3. The molecule has 1 saturated carbocycles. The van der Waals surface area contributed by atoms with Crippen LogP contribution in [0.25, 0.3) is 0 Å². The second-order valence-corrected chi connectivity index (χ2v) is 6.78. The Bertz CT molecular complexity index is 495. The Morgan fingerprint density at radius 3 is 2.85 bits per heavy atom. The molecule has 1 aromatic carbocycles. The Hall–Kier alpha value is -0.330. The van der Waals surface area contributed by atoms with Gasteiger partial charge in [-0.05, 0) is 73.0 Å². The Morgan fingerprint density at radius 1 is 1.50 bits per heavy atom. The van der Waals surface area contributed by atoms with E-state index in [1.54, 1.807) is 6.07 Å². The lowest BCUT2D eigenvalue weighted by Gasteiger charge is -2.32.